The number of methoxy groups -OCH3 is 1. The summed E-state index contributed by atoms with van der Waals surface area (Å²) in [6.45, 7) is 2.69. The van der Waals surface area contributed by atoms with Gasteiger partial charge < -0.3 is 10.1 Å². The lowest BCUT2D eigenvalue weighted by molar-refractivity contribution is 0.414. The number of aromatic nitrogens is 2. The first-order valence-electron chi connectivity index (χ1n) is 4.95. The Hall–Kier alpha value is -1.62. The van der Waals surface area contributed by atoms with Gasteiger partial charge >= 0.3 is 0 Å². The normalized spacial score (nSPS) is 10.1. The molecule has 2 aromatic rings. The lowest BCUT2D eigenvalue weighted by Gasteiger charge is -2.05. The average Bonchev–Trinajstić information content (AvgIpc) is 2.73. The molecule has 0 spiro atoms. The number of anilines is 1. The van der Waals surface area contributed by atoms with Crippen LogP contribution in [0.3, 0.4) is 0 Å². The van der Waals surface area contributed by atoms with Crippen molar-refractivity contribution in [1.82, 2.24) is 8.75 Å². The summed E-state index contributed by atoms with van der Waals surface area (Å²) in [5, 5.41) is 3.24. The summed E-state index contributed by atoms with van der Waals surface area (Å²) >= 11 is 1.22. The standard InChI is InChI=1S/C11H13N3OS/c1-8-11(14-16-13-8)12-7-9-3-5-10(15-2)6-4-9/h3-6H,7H2,1-2H3,(H,12,14). The van der Waals surface area contributed by atoms with Crippen molar-refractivity contribution in [3.8, 4) is 5.75 Å². The van der Waals surface area contributed by atoms with Crippen LogP contribution in [0.5, 0.6) is 5.75 Å². The third kappa shape index (κ3) is 2.49. The first-order valence-corrected chi connectivity index (χ1v) is 5.68. The van der Waals surface area contributed by atoms with E-state index in [-0.39, 0.29) is 0 Å². The highest BCUT2D eigenvalue weighted by molar-refractivity contribution is 6.99. The van der Waals surface area contributed by atoms with Crippen molar-refractivity contribution >= 4 is 17.5 Å². The summed E-state index contributed by atoms with van der Waals surface area (Å²) < 4.78 is 13.4. The second-order valence-corrected chi connectivity index (χ2v) is 3.93. The molecule has 0 saturated carbocycles. The Morgan fingerprint density at radius 1 is 1.25 bits per heavy atom. The number of rotatable bonds is 4. The molecule has 0 atom stereocenters. The van der Waals surface area contributed by atoms with E-state index in [1.807, 2.05) is 31.2 Å². The highest BCUT2D eigenvalue weighted by Crippen LogP contribution is 2.14. The monoisotopic (exact) mass is 235 g/mol. The number of aryl methyl sites for hydroxylation is 1. The zero-order valence-corrected chi connectivity index (χ0v) is 10.0. The van der Waals surface area contributed by atoms with Crippen LogP contribution in [0, 0.1) is 6.92 Å². The van der Waals surface area contributed by atoms with Gasteiger partial charge in [0.25, 0.3) is 0 Å². The number of nitrogens with one attached hydrogen (secondary N) is 1. The molecule has 0 bridgehead atoms. The molecule has 0 aliphatic rings. The third-order valence-corrected chi connectivity index (χ3v) is 2.89. The van der Waals surface area contributed by atoms with E-state index < -0.39 is 0 Å². The minimum Gasteiger partial charge on any atom is -0.497 e. The van der Waals surface area contributed by atoms with E-state index in [0.29, 0.717) is 0 Å². The zero-order chi connectivity index (χ0) is 11.4. The second kappa shape index (κ2) is 4.94. The average molecular weight is 235 g/mol. The molecule has 4 nitrogen and oxygen atoms in total. The Kier molecular flexibility index (Phi) is 3.36. The summed E-state index contributed by atoms with van der Waals surface area (Å²) in [4.78, 5) is 0. The lowest BCUT2D eigenvalue weighted by Crippen LogP contribution is -2.00. The largest absolute Gasteiger partial charge is 0.497 e. The summed E-state index contributed by atoms with van der Waals surface area (Å²) in [5.41, 5.74) is 2.13. The molecule has 0 fully saturated rings. The van der Waals surface area contributed by atoms with Gasteiger partial charge in [0, 0.05) is 6.54 Å². The summed E-state index contributed by atoms with van der Waals surface area (Å²) in [6, 6.07) is 7.95. The Morgan fingerprint density at radius 3 is 2.56 bits per heavy atom. The van der Waals surface area contributed by atoms with Crippen molar-refractivity contribution in [1.29, 1.82) is 0 Å². The van der Waals surface area contributed by atoms with Crippen LogP contribution in [0.4, 0.5) is 5.82 Å². The number of hydrogen-bond acceptors (Lipinski definition) is 5. The van der Waals surface area contributed by atoms with Gasteiger partial charge in [0.1, 0.15) is 5.75 Å². The topological polar surface area (TPSA) is 47.0 Å². The van der Waals surface area contributed by atoms with E-state index in [1.54, 1.807) is 7.11 Å². The first kappa shape index (κ1) is 10.9. The van der Waals surface area contributed by atoms with Crippen LogP contribution in [0.2, 0.25) is 0 Å². The van der Waals surface area contributed by atoms with Gasteiger partial charge in [0.15, 0.2) is 5.82 Å². The summed E-state index contributed by atoms with van der Waals surface area (Å²) in [5.74, 6) is 1.73. The van der Waals surface area contributed by atoms with Crippen molar-refractivity contribution in [2.24, 2.45) is 0 Å². The highest BCUT2D eigenvalue weighted by Gasteiger charge is 2.01. The van der Waals surface area contributed by atoms with Crippen LogP contribution in [0.15, 0.2) is 24.3 Å². The molecule has 0 aliphatic carbocycles. The van der Waals surface area contributed by atoms with E-state index in [1.165, 1.54) is 17.3 Å². The number of ether oxygens (including phenoxy) is 1. The minimum atomic E-state index is 0.746. The maximum Gasteiger partial charge on any atom is 0.163 e. The summed E-state index contributed by atoms with van der Waals surface area (Å²) in [6.07, 6.45) is 0. The predicted molar refractivity (Wildman–Crippen MR) is 65.0 cm³/mol. The third-order valence-electron chi connectivity index (χ3n) is 2.27. The van der Waals surface area contributed by atoms with Crippen LogP contribution in [0.25, 0.3) is 0 Å². The number of hydrogen-bond donors (Lipinski definition) is 1. The van der Waals surface area contributed by atoms with Crippen LogP contribution in [-0.2, 0) is 6.54 Å². The predicted octanol–water partition coefficient (Wildman–Crippen LogP) is 2.47. The molecule has 1 heterocycles. The fraction of sp³-hybridized carbons (Fsp3) is 0.273. The van der Waals surface area contributed by atoms with Gasteiger partial charge in [0.05, 0.1) is 24.5 Å². The van der Waals surface area contributed by atoms with E-state index in [2.05, 4.69) is 14.1 Å². The van der Waals surface area contributed by atoms with Crippen molar-refractivity contribution in [2.45, 2.75) is 13.5 Å². The van der Waals surface area contributed by atoms with E-state index in [0.717, 1.165) is 23.8 Å². The molecule has 0 aliphatic heterocycles. The molecule has 0 saturated heterocycles. The van der Waals surface area contributed by atoms with Gasteiger partial charge in [-0.15, -0.1) is 0 Å². The smallest absolute Gasteiger partial charge is 0.163 e. The molecule has 0 amide bonds. The fourth-order valence-electron chi connectivity index (χ4n) is 1.32. The van der Waals surface area contributed by atoms with Gasteiger partial charge in [0.2, 0.25) is 0 Å². The van der Waals surface area contributed by atoms with Gasteiger partial charge in [-0.3, -0.25) is 0 Å². The van der Waals surface area contributed by atoms with Crippen LogP contribution in [0.1, 0.15) is 11.3 Å². The molecule has 5 heteroatoms. The number of benzene rings is 1. The lowest BCUT2D eigenvalue weighted by atomic mass is 10.2. The molecule has 0 radical (unpaired) electrons. The molecule has 16 heavy (non-hydrogen) atoms. The van der Waals surface area contributed by atoms with Gasteiger partial charge in [-0.1, -0.05) is 12.1 Å². The molecule has 1 aromatic carbocycles. The second-order valence-electron chi connectivity index (χ2n) is 3.40. The van der Waals surface area contributed by atoms with Gasteiger partial charge in [-0.05, 0) is 24.6 Å². The molecule has 84 valence electrons. The quantitative estimate of drug-likeness (QED) is 0.884. The highest BCUT2D eigenvalue weighted by atomic mass is 32.1. The van der Waals surface area contributed by atoms with Crippen molar-refractivity contribution in [3.63, 3.8) is 0 Å². The molecule has 1 N–H and O–H groups in total. The number of nitrogens with zero attached hydrogens (tertiary/aromatic N) is 2. The first-order chi connectivity index (χ1) is 7.79. The van der Waals surface area contributed by atoms with Crippen LogP contribution in [-0.4, -0.2) is 15.9 Å². The van der Waals surface area contributed by atoms with Crippen molar-refractivity contribution in [2.75, 3.05) is 12.4 Å². The zero-order valence-electron chi connectivity index (χ0n) is 9.23. The maximum absolute atomic E-state index is 5.10. The molecule has 1 aromatic heterocycles. The van der Waals surface area contributed by atoms with Gasteiger partial charge in [-0.2, -0.15) is 8.75 Å². The Labute approximate surface area is 98.6 Å². The van der Waals surface area contributed by atoms with Crippen LogP contribution < -0.4 is 10.1 Å². The fourth-order valence-corrected chi connectivity index (χ4v) is 1.85. The van der Waals surface area contributed by atoms with Crippen LogP contribution >= 0.6 is 11.7 Å². The van der Waals surface area contributed by atoms with E-state index >= 15 is 0 Å². The Balaban J connectivity index is 1.97. The van der Waals surface area contributed by atoms with Crippen molar-refractivity contribution < 1.29 is 4.74 Å². The van der Waals surface area contributed by atoms with Crippen molar-refractivity contribution in [3.05, 3.63) is 35.5 Å². The molecule has 0 unspecified atom stereocenters. The Bertz CT molecular complexity index is 453. The van der Waals surface area contributed by atoms with E-state index in [9.17, 15) is 0 Å². The Morgan fingerprint density at radius 2 is 2.00 bits per heavy atom. The minimum absolute atomic E-state index is 0.746. The SMILES string of the molecule is COc1ccc(CNc2nsnc2C)cc1. The van der Waals surface area contributed by atoms with E-state index in [4.69, 9.17) is 4.74 Å². The van der Waals surface area contributed by atoms with Gasteiger partial charge in [-0.25, -0.2) is 0 Å². The summed E-state index contributed by atoms with van der Waals surface area (Å²) in [7, 11) is 1.66. The molecular formula is C11H13N3OS. The molecular weight excluding hydrogens is 222 g/mol. The molecule has 2 rings (SSSR count). The maximum atomic E-state index is 5.10.